The van der Waals surface area contributed by atoms with E-state index in [9.17, 15) is 48.7 Å². The van der Waals surface area contributed by atoms with Crippen molar-refractivity contribution in [3.63, 3.8) is 0 Å². The Morgan fingerprint density at radius 2 is 1.14 bits per heavy atom. The first-order valence-corrected chi connectivity index (χ1v) is 8.23. The smallest absolute Gasteiger partial charge is 0.550 e. The van der Waals surface area contributed by atoms with Gasteiger partial charge in [-0.05, 0) is 0 Å². The van der Waals surface area contributed by atoms with Crippen LogP contribution in [0.15, 0.2) is 0 Å². The van der Waals surface area contributed by atoms with Crippen molar-refractivity contribution in [2.45, 2.75) is 12.1 Å². The van der Waals surface area contributed by atoms with E-state index in [1.54, 1.807) is 0 Å². The summed E-state index contributed by atoms with van der Waals surface area (Å²) in [7, 11) is -4.29. The summed E-state index contributed by atoms with van der Waals surface area (Å²) < 4.78 is 11.3. The van der Waals surface area contributed by atoms with Crippen LogP contribution in [0.25, 0.3) is 0 Å². The standard InChI is InChI=1S/C12H15O14P.Na/c13-3(14)1-2(8(15)16)4(9(17)18)5(10(19)20)6(11(21)22)7(12(23)24)27(25)26;/h2,4-7,27H,1H2,(H,13,14)(H,15,16)(H,17,18)(H,19,20)(H,21,22)(H,23,24)(H,25,26);/q;+1/p-1. The van der Waals surface area contributed by atoms with Crippen LogP contribution in [0, 0.1) is 23.7 Å². The summed E-state index contributed by atoms with van der Waals surface area (Å²) >= 11 is 0. The van der Waals surface area contributed by atoms with Gasteiger partial charge in [0, 0.05) is 11.9 Å². The van der Waals surface area contributed by atoms with Crippen LogP contribution in [0.5, 0.6) is 0 Å². The van der Waals surface area contributed by atoms with E-state index in [2.05, 4.69) is 0 Å². The van der Waals surface area contributed by atoms with Gasteiger partial charge in [-0.1, -0.05) is 0 Å². The molecule has 0 fully saturated rings. The molecule has 0 aliphatic heterocycles. The zero-order valence-electron chi connectivity index (χ0n) is 14.0. The molecule has 6 atom stereocenters. The minimum atomic E-state index is -4.29. The molecule has 0 saturated carbocycles. The van der Waals surface area contributed by atoms with Gasteiger partial charge in [0.15, 0.2) is 0 Å². The normalized spacial score (nSPS) is 16.9. The Bertz CT molecular complexity index is 676. The molecular formula is C12H14NaO14P. The number of carboxylic acid groups (broad SMARTS) is 6. The molecule has 0 rings (SSSR count). The van der Waals surface area contributed by atoms with Crippen molar-refractivity contribution in [1.82, 2.24) is 0 Å². The third kappa shape index (κ3) is 7.20. The van der Waals surface area contributed by atoms with Gasteiger partial charge in [-0.3, -0.25) is 28.5 Å². The zero-order chi connectivity index (χ0) is 21.6. The van der Waals surface area contributed by atoms with Crippen LogP contribution in [0.3, 0.4) is 0 Å². The number of aliphatic carboxylic acids is 6. The number of carboxylic acids is 6. The van der Waals surface area contributed by atoms with Crippen LogP contribution >= 0.6 is 8.03 Å². The molecule has 14 nitrogen and oxygen atoms in total. The van der Waals surface area contributed by atoms with E-state index in [1.807, 2.05) is 0 Å². The number of hydrogen-bond acceptors (Lipinski definition) is 8. The number of rotatable bonds is 12. The van der Waals surface area contributed by atoms with E-state index in [4.69, 9.17) is 20.2 Å². The topological polar surface area (TPSA) is 264 Å². The summed E-state index contributed by atoms with van der Waals surface area (Å²) in [5.74, 6) is -24.5. The van der Waals surface area contributed by atoms with E-state index in [-0.39, 0.29) is 29.6 Å². The number of carbonyl (C=O) groups excluding carboxylic acids is 1. The second kappa shape index (κ2) is 11.8. The molecule has 152 valence electrons. The Hall–Kier alpha value is -1.99. The predicted octanol–water partition coefficient (Wildman–Crippen LogP) is -6.15. The molecule has 0 bridgehead atoms. The molecule has 0 heterocycles. The van der Waals surface area contributed by atoms with Crippen molar-refractivity contribution in [3.05, 3.63) is 0 Å². The second-order valence-corrected chi connectivity index (χ2v) is 6.57. The van der Waals surface area contributed by atoms with Crippen LogP contribution in [0.2, 0.25) is 0 Å². The Kier molecular flexibility index (Phi) is 11.9. The fourth-order valence-electron chi connectivity index (χ4n) is 2.57. The van der Waals surface area contributed by atoms with Gasteiger partial charge in [-0.2, -0.15) is 0 Å². The van der Waals surface area contributed by atoms with Gasteiger partial charge in [-0.25, -0.2) is 0 Å². The Morgan fingerprint density at radius 1 is 0.750 bits per heavy atom. The van der Waals surface area contributed by atoms with Gasteiger partial charge in [0.1, 0.15) is 5.66 Å². The molecule has 0 aromatic heterocycles. The third-order valence-electron chi connectivity index (χ3n) is 3.65. The van der Waals surface area contributed by atoms with Gasteiger partial charge in [-0.15, -0.1) is 0 Å². The van der Waals surface area contributed by atoms with E-state index >= 15 is 0 Å². The Balaban J connectivity index is 0. The van der Waals surface area contributed by atoms with E-state index in [0.717, 1.165) is 0 Å². The number of hydrogen-bond donors (Lipinski definition) is 6. The second-order valence-electron chi connectivity index (χ2n) is 5.27. The molecule has 0 amide bonds. The van der Waals surface area contributed by atoms with E-state index in [1.165, 1.54) is 0 Å². The third-order valence-corrected chi connectivity index (χ3v) is 4.79. The summed E-state index contributed by atoms with van der Waals surface area (Å²) in [5, 5.41) is 56.4. The SMILES string of the molecule is O=C(O)CC(C(=O)[O-])C(C(=O)O)C(C(=O)O)C(C(=O)O)C(C(=O)O)[PH](=O)O.[Na+]. The fourth-order valence-corrected chi connectivity index (χ4v) is 3.44. The molecule has 0 radical (unpaired) electrons. The molecular weight excluding hydrogens is 422 g/mol. The number of carbonyl (C=O) groups is 6. The summed E-state index contributed by atoms with van der Waals surface area (Å²) in [4.78, 5) is 76.5. The molecule has 0 saturated heterocycles. The largest absolute Gasteiger partial charge is 1.00 e. The van der Waals surface area contributed by atoms with Crippen molar-refractivity contribution in [2.24, 2.45) is 23.7 Å². The minimum absolute atomic E-state index is 0. The Labute approximate surface area is 177 Å². The summed E-state index contributed by atoms with van der Waals surface area (Å²) in [6.45, 7) is 0. The molecule has 6 N–H and O–H groups in total. The van der Waals surface area contributed by atoms with Crippen LogP contribution in [-0.2, 0) is 33.3 Å². The average molecular weight is 436 g/mol. The quantitative estimate of drug-likeness (QED) is 0.123. The molecule has 0 aliphatic carbocycles. The first-order valence-electron chi connectivity index (χ1n) is 6.80. The maximum atomic E-state index is 11.5. The van der Waals surface area contributed by atoms with Gasteiger partial charge in [0.05, 0.1) is 24.2 Å². The molecule has 0 spiro atoms. The maximum absolute atomic E-state index is 11.5. The van der Waals surface area contributed by atoms with Crippen LogP contribution < -0.4 is 34.7 Å². The van der Waals surface area contributed by atoms with Crippen molar-refractivity contribution in [1.29, 1.82) is 0 Å². The zero-order valence-corrected chi connectivity index (χ0v) is 17.0. The fraction of sp³-hybridized carbons (Fsp3) is 0.500. The molecule has 28 heavy (non-hydrogen) atoms. The van der Waals surface area contributed by atoms with Crippen LogP contribution in [0.1, 0.15) is 6.42 Å². The predicted molar refractivity (Wildman–Crippen MR) is 76.8 cm³/mol. The molecule has 6 unspecified atom stereocenters. The monoisotopic (exact) mass is 436 g/mol. The molecule has 16 heteroatoms. The summed E-state index contributed by atoms with van der Waals surface area (Å²) in [5.41, 5.74) is -2.78. The van der Waals surface area contributed by atoms with Gasteiger partial charge < -0.3 is 40.3 Å². The van der Waals surface area contributed by atoms with Crippen LogP contribution in [-0.4, -0.2) is 71.9 Å². The molecule has 0 aromatic carbocycles. The first kappa shape index (κ1) is 28.2. The van der Waals surface area contributed by atoms with Crippen molar-refractivity contribution < 1.29 is 98.4 Å². The first-order chi connectivity index (χ1) is 12.2. The summed E-state index contributed by atoms with van der Waals surface area (Å²) in [6.07, 6.45) is -1.48. The Morgan fingerprint density at radius 3 is 1.36 bits per heavy atom. The van der Waals surface area contributed by atoms with Crippen molar-refractivity contribution in [2.75, 3.05) is 0 Å². The van der Waals surface area contributed by atoms with E-state index in [0.29, 0.717) is 0 Å². The maximum Gasteiger partial charge on any atom is 1.00 e. The minimum Gasteiger partial charge on any atom is -0.550 e. The molecule has 0 aromatic rings. The van der Waals surface area contributed by atoms with Gasteiger partial charge in [0.25, 0.3) is 0 Å². The van der Waals surface area contributed by atoms with Gasteiger partial charge in [0.2, 0.25) is 8.03 Å². The van der Waals surface area contributed by atoms with Crippen LogP contribution in [0.4, 0.5) is 0 Å². The summed E-state index contributed by atoms with van der Waals surface area (Å²) in [6, 6.07) is 0. The van der Waals surface area contributed by atoms with Gasteiger partial charge >= 0.3 is 59.4 Å². The van der Waals surface area contributed by atoms with Crippen molar-refractivity contribution in [3.8, 4) is 0 Å². The molecule has 0 aliphatic rings. The van der Waals surface area contributed by atoms with E-state index < -0.39 is 79.6 Å². The van der Waals surface area contributed by atoms with Crippen molar-refractivity contribution >= 4 is 43.8 Å². The average Bonchev–Trinajstić information content (AvgIpc) is 2.46.